The lowest BCUT2D eigenvalue weighted by Crippen LogP contribution is -2.50. The van der Waals surface area contributed by atoms with Crippen molar-refractivity contribution in [2.45, 2.75) is 12.3 Å². The van der Waals surface area contributed by atoms with E-state index in [0.717, 1.165) is 55.5 Å². The van der Waals surface area contributed by atoms with Crippen LogP contribution in [0.2, 0.25) is 0 Å². The Morgan fingerprint density at radius 2 is 1.67 bits per heavy atom. The molecule has 43 heavy (non-hydrogen) atoms. The summed E-state index contributed by atoms with van der Waals surface area (Å²) in [4.78, 5) is 21.5. The Kier molecular flexibility index (Phi) is 9.43. The summed E-state index contributed by atoms with van der Waals surface area (Å²) < 4.78 is 45.4. The molecule has 8 nitrogen and oxygen atoms in total. The number of nitrogens with zero attached hydrogens (tertiary/aromatic N) is 3. The number of nitrogens with one attached hydrogen (secondary N) is 2. The summed E-state index contributed by atoms with van der Waals surface area (Å²) in [5.74, 6) is 1.16. The fraction of sp³-hybridized carbons (Fsp3) is 0.250. The van der Waals surface area contributed by atoms with Gasteiger partial charge in [-0.25, -0.2) is 4.98 Å². The molecule has 3 N–H and O–H groups in total. The zero-order chi connectivity index (χ0) is 30.2. The van der Waals surface area contributed by atoms with Gasteiger partial charge in [0.05, 0.1) is 22.9 Å². The van der Waals surface area contributed by atoms with E-state index in [1.165, 1.54) is 24.4 Å². The number of rotatable bonds is 10. The molecule has 5 rings (SSSR count). The van der Waals surface area contributed by atoms with Gasteiger partial charge in [-0.1, -0.05) is 36.4 Å². The predicted molar refractivity (Wildman–Crippen MR) is 159 cm³/mol. The fourth-order valence-electron chi connectivity index (χ4n) is 4.86. The number of anilines is 3. The molecule has 11 heteroatoms. The summed E-state index contributed by atoms with van der Waals surface area (Å²) >= 11 is 0. The summed E-state index contributed by atoms with van der Waals surface area (Å²) in [5.41, 5.74) is 0.492. The monoisotopic (exact) mass is 591 g/mol. The maximum atomic E-state index is 13.1. The highest BCUT2D eigenvalue weighted by Crippen LogP contribution is 2.33. The quantitative estimate of drug-likeness (QED) is 0.223. The SMILES string of the molecule is O=C(NC[C@H](O)CN1CCN(c2ccccc2Oc2ccccc2)CC1)c1cccnc1Nc1cccc(C(F)(F)F)c1. The van der Waals surface area contributed by atoms with E-state index in [2.05, 4.69) is 25.4 Å². The highest BCUT2D eigenvalue weighted by atomic mass is 19.4. The maximum absolute atomic E-state index is 13.1. The molecule has 2 heterocycles. The number of hydrogen-bond acceptors (Lipinski definition) is 7. The van der Waals surface area contributed by atoms with Crippen molar-refractivity contribution >= 4 is 23.1 Å². The van der Waals surface area contributed by atoms with E-state index in [0.29, 0.717) is 6.54 Å². The Bertz CT molecular complexity index is 1510. The maximum Gasteiger partial charge on any atom is 0.416 e. The van der Waals surface area contributed by atoms with Gasteiger partial charge < -0.3 is 25.4 Å². The average Bonchev–Trinajstić information content (AvgIpc) is 3.01. The summed E-state index contributed by atoms with van der Waals surface area (Å²) in [7, 11) is 0. The first kappa shape index (κ1) is 29.9. The van der Waals surface area contributed by atoms with Crippen LogP contribution in [0.25, 0.3) is 0 Å². The number of benzene rings is 3. The molecule has 0 unspecified atom stereocenters. The third-order valence-electron chi connectivity index (χ3n) is 7.02. The van der Waals surface area contributed by atoms with Crippen LogP contribution < -0.4 is 20.3 Å². The van der Waals surface area contributed by atoms with E-state index in [1.807, 2.05) is 54.6 Å². The number of amides is 1. The van der Waals surface area contributed by atoms with E-state index in [9.17, 15) is 23.1 Å². The number of para-hydroxylation sites is 3. The molecule has 1 amide bonds. The standard InChI is InChI=1S/C32H32F3N5O3/c33-32(34,35)23-8-6-9-24(20-23)38-30-27(12-7-15-36-30)31(42)37-21-25(41)22-39-16-18-40(19-17-39)28-13-4-5-14-29(28)43-26-10-2-1-3-11-26/h1-15,20,25,41H,16-19,21-22H2,(H,36,38)(H,37,42)/t25-/m0/s1. The minimum Gasteiger partial charge on any atom is -0.455 e. The molecular weight excluding hydrogens is 559 g/mol. The van der Waals surface area contributed by atoms with Crippen molar-refractivity contribution in [3.8, 4) is 11.5 Å². The van der Waals surface area contributed by atoms with Crippen molar-refractivity contribution in [3.63, 3.8) is 0 Å². The number of ether oxygens (including phenoxy) is 1. The molecule has 0 spiro atoms. The van der Waals surface area contributed by atoms with E-state index in [1.54, 1.807) is 6.07 Å². The second-order valence-electron chi connectivity index (χ2n) is 10.1. The molecule has 224 valence electrons. The number of carbonyl (C=O) groups excluding carboxylic acids is 1. The largest absolute Gasteiger partial charge is 0.455 e. The Balaban J connectivity index is 1.12. The number of aromatic nitrogens is 1. The average molecular weight is 592 g/mol. The lowest BCUT2D eigenvalue weighted by atomic mass is 10.1. The molecule has 3 aromatic carbocycles. The van der Waals surface area contributed by atoms with Crippen LogP contribution in [0.15, 0.2) is 97.2 Å². The van der Waals surface area contributed by atoms with Crippen molar-refractivity contribution in [2.24, 2.45) is 0 Å². The number of β-amino-alcohol motifs (C(OH)–C–C–N with tert-alkyl or cyclic N) is 1. The van der Waals surface area contributed by atoms with Crippen LogP contribution in [-0.2, 0) is 6.18 Å². The summed E-state index contributed by atoms with van der Waals surface area (Å²) in [6.07, 6.45) is -3.87. The van der Waals surface area contributed by atoms with E-state index >= 15 is 0 Å². The summed E-state index contributed by atoms with van der Waals surface area (Å²) in [6.45, 7) is 3.31. The van der Waals surface area contributed by atoms with Gasteiger partial charge in [-0.05, 0) is 54.6 Å². The smallest absolute Gasteiger partial charge is 0.416 e. The molecular formula is C32H32F3N5O3. The van der Waals surface area contributed by atoms with Crippen LogP contribution in [0, 0.1) is 0 Å². The first-order valence-corrected chi connectivity index (χ1v) is 13.9. The Morgan fingerprint density at radius 3 is 2.44 bits per heavy atom. The van der Waals surface area contributed by atoms with E-state index in [-0.39, 0.29) is 23.6 Å². The van der Waals surface area contributed by atoms with Gasteiger partial charge in [0.15, 0.2) is 5.75 Å². The number of pyridine rings is 1. The summed E-state index contributed by atoms with van der Waals surface area (Å²) in [5, 5.41) is 16.2. The molecule has 0 bridgehead atoms. The molecule has 4 aromatic rings. The number of carbonyl (C=O) groups is 1. The van der Waals surface area contributed by atoms with E-state index < -0.39 is 23.8 Å². The molecule has 1 fully saturated rings. The molecule has 0 radical (unpaired) electrons. The van der Waals surface area contributed by atoms with Crippen LogP contribution in [-0.4, -0.2) is 66.3 Å². The van der Waals surface area contributed by atoms with Crippen LogP contribution in [0.5, 0.6) is 11.5 Å². The zero-order valence-electron chi connectivity index (χ0n) is 23.3. The van der Waals surface area contributed by atoms with Gasteiger partial charge in [-0.15, -0.1) is 0 Å². The lowest BCUT2D eigenvalue weighted by molar-refractivity contribution is -0.137. The molecule has 1 aromatic heterocycles. The van der Waals surface area contributed by atoms with Gasteiger partial charge in [0.1, 0.15) is 11.6 Å². The number of alkyl halides is 3. The lowest BCUT2D eigenvalue weighted by Gasteiger charge is -2.37. The minimum atomic E-state index is -4.49. The first-order valence-electron chi connectivity index (χ1n) is 13.9. The van der Waals surface area contributed by atoms with Gasteiger partial charge in [0.25, 0.3) is 5.91 Å². The number of piperazine rings is 1. The summed E-state index contributed by atoms with van der Waals surface area (Å²) in [6, 6.07) is 25.3. The van der Waals surface area contributed by atoms with Crippen molar-refractivity contribution in [3.05, 3.63) is 108 Å². The first-order chi connectivity index (χ1) is 20.8. The van der Waals surface area contributed by atoms with E-state index in [4.69, 9.17) is 4.74 Å². The van der Waals surface area contributed by atoms with Crippen LogP contribution >= 0.6 is 0 Å². The van der Waals surface area contributed by atoms with Crippen molar-refractivity contribution in [1.29, 1.82) is 0 Å². The molecule has 0 aliphatic carbocycles. The third kappa shape index (κ3) is 8.02. The highest BCUT2D eigenvalue weighted by molar-refractivity contribution is 5.99. The van der Waals surface area contributed by atoms with Crippen molar-refractivity contribution in [2.75, 3.05) is 49.5 Å². The van der Waals surface area contributed by atoms with Crippen molar-refractivity contribution in [1.82, 2.24) is 15.2 Å². The van der Waals surface area contributed by atoms with Crippen LogP contribution in [0.1, 0.15) is 15.9 Å². The normalized spacial score (nSPS) is 14.7. The second kappa shape index (κ2) is 13.6. The molecule has 1 atom stereocenters. The third-order valence-corrected chi connectivity index (χ3v) is 7.02. The second-order valence-corrected chi connectivity index (χ2v) is 10.1. The zero-order valence-corrected chi connectivity index (χ0v) is 23.3. The highest BCUT2D eigenvalue weighted by Gasteiger charge is 2.30. The predicted octanol–water partition coefficient (Wildman–Crippen LogP) is 5.55. The van der Waals surface area contributed by atoms with Gasteiger partial charge in [-0.2, -0.15) is 13.2 Å². The van der Waals surface area contributed by atoms with Gasteiger partial charge in [0, 0.05) is 51.2 Å². The topological polar surface area (TPSA) is 90.0 Å². The molecule has 0 saturated carbocycles. The molecule has 1 aliphatic heterocycles. The fourth-order valence-corrected chi connectivity index (χ4v) is 4.86. The van der Waals surface area contributed by atoms with Gasteiger partial charge >= 0.3 is 6.18 Å². The Labute approximate surface area is 247 Å². The molecule has 1 aliphatic rings. The van der Waals surface area contributed by atoms with Crippen molar-refractivity contribution < 1.29 is 27.8 Å². The Hall–Kier alpha value is -4.61. The van der Waals surface area contributed by atoms with Gasteiger partial charge in [0.2, 0.25) is 0 Å². The number of aliphatic hydroxyl groups excluding tert-OH is 1. The minimum absolute atomic E-state index is 0.00465. The van der Waals surface area contributed by atoms with Crippen LogP contribution in [0.3, 0.4) is 0 Å². The van der Waals surface area contributed by atoms with Crippen LogP contribution in [0.4, 0.5) is 30.4 Å². The number of aliphatic hydroxyl groups is 1. The number of halogens is 3. The molecule has 1 saturated heterocycles. The number of hydrogen-bond donors (Lipinski definition) is 3. The van der Waals surface area contributed by atoms with Gasteiger partial charge in [-0.3, -0.25) is 9.69 Å². The Morgan fingerprint density at radius 1 is 0.930 bits per heavy atom.